The summed E-state index contributed by atoms with van der Waals surface area (Å²) in [7, 11) is 0. The van der Waals surface area contributed by atoms with Crippen molar-refractivity contribution >= 4 is 0 Å². The first-order chi connectivity index (χ1) is 11.4. The summed E-state index contributed by atoms with van der Waals surface area (Å²) in [6, 6.07) is 0. The maximum Gasteiger partial charge on any atom is 0.0682 e. The van der Waals surface area contributed by atoms with Gasteiger partial charge in [0.2, 0.25) is 0 Å². The molecule has 2 nitrogen and oxygen atoms in total. The normalized spacial score (nSPS) is 52.0. The van der Waals surface area contributed by atoms with E-state index in [0.29, 0.717) is 11.3 Å². The lowest BCUT2D eigenvalue weighted by molar-refractivity contribution is -0.0561. The predicted octanol–water partition coefficient (Wildman–Crippen LogP) is 4.70. The maximum atomic E-state index is 10.7. The number of rotatable bonds is 2. The molecule has 4 rings (SSSR count). The molecule has 0 aromatic carbocycles. The van der Waals surface area contributed by atoms with Crippen LogP contribution in [0, 0.1) is 35.0 Å². The van der Waals surface area contributed by atoms with Crippen molar-refractivity contribution in [3.05, 3.63) is 11.6 Å². The smallest absolute Gasteiger partial charge is 0.0682 e. The fourth-order valence-corrected chi connectivity index (χ4v) is 7.50. The molecule has 24 heavy (non-hydrogen) atoms. The molecule has 136 valence electrons. The Hall–Kier alpha value is -0.340. The summed E-state index contributed by atoms with van der Waals surface area (Å²) in [6.07, 6.45) is 12.8. The van der Waals surface area contributed by atoms with Gasteiger partial charge in [-0.3, -0.25) is 0 Å². The minimum absolute atomic E-state index is 0.152. The van der Waals surface area contributed by atoms with E-state index in [-0.39, 0.29) is 6.10 Å². The van der Waals surface area contributed by atoms with Gasteiger partial charge in [0.25, 0.3) is 0 Å². The average Bonchev–Trinajstić information content (AvgIpc) is 2.91. The van der Waals surface area contributed by atoms with Crippen LogP contribution in [-0.2, 0) is 0 Å². The van der Waals surface area contributed by atoms with Crippen molar-refractivity contribution in [1.29, 1.82) is 0 Å². The SMILES string of the molecule is CC[C@]1(O)CC[C@H]2C(=CC[C@@H]3[C@@H]2CC[C@]2(C)[C@@H](C(C)O)CC[C@@H]32)C1. The van der Waals surface area contributed by atoms with E-state index >= 15 is 0 Å². The molecule has 0 amide bonds. The molecule has 4 aliphatic rings. The van der Waals surface area contributed by atoms with E-state index in [1.165, 1.54) is 38.5 Å². The second kappa shape index (κ2) is 5.84. The van der Waals surface area contributed by atoms with Gasteiger partial charge in [-0.1, -0.05) is 25.5 Å². The molecule has 2 heteroatoms. The number of hydrogen-bond donors (Lipinski definition) is 2. The van der Waals surface area contributed by atoms with Crippen molar-refractivity contribution in [2.45, 2.75) is 90.3 Å². The second-order valence-corrected chi connectivity index (χ2v) is 9.82. The zero-order chi connectivity index (χ0) is 17.1. The Bertz CT molecular complexity index is 524. The Morgan fingerprint density at radius 3 is 2.67 bits per heavy atom. The van der Waals surface area contributed by atoms with E-state index in [0.717, 1.165) is 42.9 Å². The zero-order valence-corrected chi connectivity index (χ0v) is 15.8. The van der Waals surface area contributed by atoms with Gasteiger partial charge in [-0.2, -0.15) is 0 Å². The fourth-order valence-electron chi connectivity index (χ4n) is 7.50. The zero-order valence-electron chi connectivity index (χ0n) is 15.8. The molecule has 0 aromatic rings. The summed E-state index contributed by atoms with van der Waals surface area (Å²) < 4.78 is 0. The topological polar surface area (TPSA) is 40.5 Å². The molecule has 8 atom stereocenters. The van der Waals surface area contributed by atoms with Crippen LogP contribution in [0.1, 0.15) is 78.6 Å². The lowest BCUT2D eigenvalue weighted by Crippen LogP contribution is -2.48. The highest BCUT2D eigenvalue weighted by molar-refractivity contribution is 5.22. The van der Waals surface area contributed by atoms with Crippen molar-refractivity contribution < 1.29 is 10.2 Å². The third kappa shape index (κ3) is 2.43. The lowest BCUT2D eigenvalue weighted by atomic mass is 9.51. The minimum Gasteiger partial charge on any atom is -0.393 e. The van der Waals surface area contributed by atoms with Gasteiger partial charge in [0, 0.05) is 0 Å². The van der Waals surface area contributed by atoms with Gasteiger partial charge >= 0.3 is 0 Å². The molecule has 0 heterocycles. The van der Waals surface area contributed by atoms with Crippen molar-refractivity contribution in [3.63, 3.8) is 0 Å². The maximum absolute atomic E-state index is 10.7. The quantitative estimate of drug-likeness (QED) is 0.720. The van der Waals surface area contributed by atoms with Crippen LogP contribution in [0.2, 0.25) is 0 Å². The van der Waals surface area contributed by atoms with E-state index in [9.17, 15) is 10.2 Å². The predicted molar refractivity (Wildman–Crippen MR) is 97.5 cm³/mol. The highest BCUT2D eigenvalue weighted by Crippen LogP contribution is 2.64. The third-order valence-electron chi connectivity index (χ3n) is 8.91. The van der Waals surface area contributed by atoms with Crippen molar-refractivity contribution in [2.75, 3.05) is 0 Å². The molecule has 0 aromatic heterocycles. The van der Waals surface area contributed by atoms with Crippen LogP contribution in [-0.4, -0.2) is 21.9 Å². The number of aliphatic hydroxyl groups is 2. The van der Waals surface area contributed by atoms with E-state index < -0.39 is 5.60 Å². The van der Waals surface area contributed by atoms with Crippen LogP contribution in [0.4, 0.5) is 0 Å². The molecule has 3 saturated carbocycles. The highest BCUT2D eigenvalue weighted by Gasteiger charge is 2.57. The first-order valence-electron chi connectivity index (χ1n) is 10.5. The van der Waals surface area contributed by atoms with Crippen LogP contribution in [0.15, 0.2) is 11.6 Å². The van der Waals surface area contributed by atoms with Crippen LogP contribution in [0.5, 0.6) is 0 Å². The van der Waals surface area contributed by atoms with Gasteiger partial charge in [0.05, 0.1) is 11.7 Å². The van der Waals surface area contributed by atoms with E-state index in [2.05, 4.69) is 19.9 Å². The molecule has 0 radical (unpaired) electrons. The molecule has 4 aliphatic carbocycles. The van der Waals surface area contributed by atoms with Crippen molar-refractivity contribution in [1.82, 2.24) is 0 Å². The van der Waals surface area contributed by atoms with Crippen LogP contribution < -0.4 is 0 Å². The largest absolute Gasteiger partial charge is 0.393 e. The summed E-state index contributed by atoms with van der Waals surface area (Å²) in [5.74, 6) is 3.73. The Kier molecular flexibility index (Phi) is 4.16. The summed E-state index contributed by atoms with van der Waals surface area (Å²) in [5, 5.41) is 21.0. The van der Waals surface area contributed by atoms with E-state index in [1.807, 2.05) is 6.92 Å². The molecule has 1 unspecified atom stereocenters. The van der Waals surface area contributed by atoms with Gasteiger partial charge in [-0.05, 0) is 99.7 Å². The third-order valence-corrected chi connectivity index (χ3v) is 8.91. The fraction of sp³-hybridized carbons (Fsp3) is 0.909. The molecule has 0 bridgehead atoms. The second-order valence-electron chi connectivity index (χ2n) is 9.82. The summed E-state index contributed by atoms with van der Waals surface area (Å²) >= 11 is 0. The molecule has 0 spiro atoms. The average molecular weight is 333 g/mol. The number of allylic oxidation sites excluding steroid dienone is 1. The van der Waals surface area contributed by atoms with Crippen LogP contribution in [0.3, 0.4) is 0 Å². The van der Waals surface area contributed by atoms with Gasteiger partial charge in [0.15, 0.2) is 0 Å². The molecule has 2 N–H and O–H groups in total. The number of hydrogen-bond acceptors (Lipinski definition) is 2. The van der Waals surface area contributed by atoms with Crippen LogP contribution >= 0.6 is 0 Å². The van der Waals surface area contributed by atoms with Crippen molar-refractivity contribution in [2.24, 2.45) is 35.0 Å². The summed E-state index contributed by atoms with van der Waals surface area (Å²) in [4.78, 5) is 0. The molecule has 0 saturated heterocycles. The Balaban J connectivity index is 1.58. The summed E-state index contributed by atoms with van der Waals surface area (Å²) in [6.45, 7) is 6.62. The molecular weight excluding hydrogens is 296 g/mol. The van der Waals surface area contributed by atoms with Crippen LogP contribution in [0.25, 0.3) is 0 Å². The molecule has 0 aliphatic heterocycles. The monoisotopic (exact) mass is 332 g/mol. The molecular formula is C22H36O2. The van der Waals surface area contributed by atoms with Crippen molar-refractivity contribution in [3.8, 4) is 0 Å². The number of aliphatic hydroxyl groups excluding tert-OH is 1. The minimum atomic E-state index is -0.427. The van der Waals surface area contributed by atoms with Gasteiger partial charge in [0.1, 0.15) is 0 Å². The standard InChI is InChI=1S/C22H36O2/c1-4-22(24)12-10-16-15(13-22)5-6-18-17(16)9-11-21(3)19(14(2)23)7-8-20(18)21/h5,14,16-20,23-24H,4,6-13H2,1-3H3/t14?,16-,17+,18+,19+,20-,21+,22-/m0/s1. The first kappa shape index (κ1) is 17.1. The molecule has 3 fully saturated rings. The Morgan fingerprint density at radius 1 is 1.17 bits per heavy atom. The van der Waals surface area contributed by atoms with Gasteiger partial charge in [-0.15, -0.1) is 0 Å². The van der Waals surface area contributed by atoms with Gasteiger partial charge < -0.3 is 10.2 Å². The summed E-state index contributed by atoms with van der Waals surface area (Å²) in [5.41, 5.74) is 1.52. The van der Waals surface area contributed by atoms with E-state index in [4.69, 9.17) is 0 Å². The lowest BCUT2D eigenvalue weighted by Gasteiger charge is -2.55. The van der Waals surface area contributed by atoms with E-state index in [1.54, 1.807) is 5.57 Å². The highest BCUT2D eigenvalue weighted by atomic mass is 16.3. The Labute approximate surface area is 147 Å². The van der Waals surface area contributed by atoms with Gasteiger partial charge in [-0.25, -0.2) is 0 Å². The Morgan fingerprint density at radius 2 is 1.96 bits per heavy atom. The number of fused-ring (bicyclic) bond motifs is 5. The first-order valence-corrected chi connectivity index (χ1v) is 10.5.